The zero-order valence-electron chi connectivity index (χ0n) is 11.1. The Morgan fingerprint density at radius 3 is 2.56 bits per heavy atom. The lowest BCUT2D eigenvalue weighted by molar-refractivity contribution is 0.178. The fourth-order valence-electron chi connectivity index (χ4n) is 2.17. The van der Waals surface area contributed by atoms with Crippen LogP contribution in [0.3, 0.4) is 0 Å². The Kier molecular flexibility index (Phi) is 4.16. The summed E-state index contributed by atoms with van der Waals surface area (Å²) in [6.07, 6.45) is 4.24. The van der Waals surface area contributed by atoms with Crippen LogP contribution in [0.15, 0.2) is 0 Å². The van der Waals surface area contributed by atoms with E-state index in [-0.39, 0.29) is 6.03 Å². The quantitative estimate of drug-likeness (QED) is 0.893. The van der Waals surface area contributed by atoms with Gasteiger partial charge in [-0.1, -0.05) is 25.2 Å². The second-order valence-electron chi connectivity index (χ2n) is 4.67. The average molecular weight is 268 g/mol. The van der Waals surface area contributed by atoms with Gasteiger partial charge in [-0.15, -0.1) is 10.2 Å². The number of rotatable bonds is 5. The Hall–Kier alpha value is -1.17. The van der Waals surface area contributed by atoms with Crippen molar-refractivity contribution in [3.05, 3.63) is 5.01 Å². The molecular formula is C12H20N4OS. The summed E-state index contributed by atoms with van der Waals surface area (Å²) >= 11 is 1.41. The molecule has 1 fully saturated rings. The van der Waals surface area contributed by atoms with E-state index in [0.717, 1.165) is 30.7 Å². The van der Waals surface area contributed by atoms with Crippen molar-refractivity contribution in [1.82, 2.24) is 15.1 Å². The second kappa shape index (κ2) is 5.65. The van der Waals surface area contributed by atoms with Crippen LogP contribution in [0.5, 0.6) is 0 Å². The van der Waals surface area contributed by atoms with Crippen molar-refractivity contribution < 1.29 is 4.79 Å². The molecule has 0 bridgehead atoms. The van der Waals surface area contributed by atoms with Crippen molar-refractivity contribution in [2.24, 2.45) is 0 Å². The van der Waals surface area contributed by atoms with E-state index in [1.165, 1.54) is 11.3 Å². The van der Waals surface area contributed by atoms with E-state index in [1.807, 2.05) is 11.8 Å². The fourth-order valence-corrected chi connectivity index (χ4v) is 2.75. The lowest BCUT2D eigenvalue weighted by Gasteiger charge is -2.30. The van der Waals surface area contributed by atoms with Crippen LogP contribution in [0.25, 0.3) is 0 Å². The summed E-state index contributed by atoms with van der Waals surface area (Å²) in [5, 5.41) is 12.2. The van der Waals surface area contributed by atoms with Crippen molar-refractivity contribution in [3.8, 4) is 0 Å². The minimum Gasteiger partial charge on any atom is -0.319 e. The van der Waals surface area contributed by atoms with Gasteiger partial charge in [0.1, 0.15) is 5.01 Å². The summed E-state index contributed by atoms with van der Waals surface area (Å²) in [4.78, 5) is 14.3. The van der Waals surface area contributed by atoms with Gasteiger partial charge in [-0.2, -0.15) is 0 Å². The Morgan fingerprint density at radius 2 is 2.11 bits per heavy atom. The lowest BCUT2D eigenvalue weighted by Crippen LogP contribution is -2.44. The van der Waals surface area contributed by atoms with Crippen LogP contribution in [-0.4, -0.2) is 33.2 Å². The van der Waals surface area contributed by atoms with Crippen LogP contribution in [0, 0.1) is 6.92 Å². The molecule has 1 aromatic heterocycles. The number of anilines is 1. The number of hydrogen-bond donors (Lipinski definition) is 1. The molecule has 0 atom stereocenters. The van der Waals surface area contributed by atoms with E-state index in [2.05, 4.69) is 29.4 Å². The Bertz CT molecular complexity index is 412. The molecule has 0 saturated heterocycles. The smallest absolute Gasteiger partial charge is 0.319 e. The van der Waals surface area contributed by atoms with Gasteiger partial charge in [0.15, 0.2) is 0 Å². The standard InChI is InChI=1S/C12H20N4OS/c1-4-9(5-2)16(10-6-7-10)12(17)13-11-15-14-8(3)18-11/h9-10H,4-7H2,1-3H3,(H,13,15,17). The highest BCUT2D eigenvalue weighted by atomic mass is 32.1. The Labute approximate surface area is 112 Å². The summed E-state index contributed by atoms with van der Waals surface area (Å²) in [5.41, 5.74) is 0. The van der Waals surface area contributed by atoms with Crippen molar-refractivity contribution in [2.75, 3.05) is 5.32 Å². The molecule has 1 aliphatic carbocycles. The van der Waals surface area contributed by atoms with E-state index < -0.39 is 0 Å². The number of aryl methyl sites for hydroxylation is 1. The molecule has 2 amide bonds. The predicted molar refractivity (Wildman–Crippen MR) is 72.9 cm³/mol. The Morgan fingerprint density at radius 1 is 1.44 bits per heavy atom. The van der Waals surface area contributed by atoms with Gasteiger partial charge < -0.3 is 4.90 Å². The molecule has 0 spiro atoms. The second-order valence-corrected chi connectivity index (χ2v) is 5.85. The van der Waals surface area contributed by atoms with Gasteiger partial charge in [0, 0.05) is 12.1 Å². The largest absolute Gasteiger partial charge is 0.324 e. The number of aromatic nitrogens is 2. The van der Waals surface area contributed by atoms with Crippen molar-refractivity contribution in [1.29, 1.82) is 0 Å². The van der Waals surface area contributed by atoms with Crippen LogP contribution < -0.4 is 5.32 Å². The molecule has 1 N–H and O–H groups in total. The molecule has 18 heavy (non-hydrogen) atoms. The zero-order chi connectivity index (χ0) is 13.1. The van der Waals surface area contributed by atoms with E-state index >= 15 is 0 Å². The average Bonchev–Trinajstić information content (AvgIpc) is 3.09. The number of nitrogens with zero attached hydrogens (tertiary/aromatic N) is 3. The topological polar surface area (TPSA) is 58.1 Å². The molecule has 1 aliphatic rings. The molecule has 0 aromatic carbocycles. The molecular weight excluding hydrogens is 248 g/mol. The van der Waals surface area contributed by atoms with E-state index in [9.17, 15) is 4.79 Å². The highest BCUT2D eigenvalue weighted by Crippen LogP contribution is 2.31. The van der Waals surface area contributed by atoms with E-state index in [4.69, 9.17) is 0 Å². The number of carbonyl (C=O) groups is 1. The highest BCUT2D eigenvalue weighted by molar-refractivity contribution is 7.15. The molecule has 100 valence electrons. The van der Waals surface area contributed by atoms with Crippen LogP contribution in [0.4, 0.5) is 9.93 Å². The first-order chi connectivity index (χ1) is 8.65. The van der Waals surface area contributed by atoms with Gasteiger partial charge in [-0.25, -0.2) is 4.79 Å². The van der Waals surface area contributed by atoms with Crippen molar-refractivity contribution in [3.63, 3.8) is 0 Å². The van der Waals surface area contributed by atoms with Gasteiger partial charge in [-0.05, 0) is 32.6 Å². The number of nitrogens with one attached hydrogen (secondary N) is 1. The number of amides is 2. The van der Waals surface area contributed by atoms with Gasteiger partial charge in [0.2, 0.25) is 5.13 Å². The minimum absolute atomic E-state index is 0.0256. The van der Waals surface area contributed by atoms with Crippen molar-refractivity contribution >= 4 is 22.5 Å². The number of carbonyl (C=O) groups excluding carboxylic acids is 1. The zero-order valence-corrected chi connectivity index (χ0v) is 12.0. The number of hydrogen-bond acceptors (Lipinski definition) is 4. The van der Waals surface area contributed by atoms with E-state index in [0.29, 0.717) is 17.2 Å². The first-order valence-corrected chi connectivity index (χ1v) is 7.36. The van der Waals surface area contributed by atoms with Crippen LogP contribution >= 0.6 is 11.3 Å². The van der Waals surface area contributed by atoms with Crippen LogP contribution in [0.2, 0.25) is 0 Å². The summed E-state index contributed by atoms with van der Waals surface area (Å²) in [7, 11) is 0. The van der Waals surface area contributed by atoms with Gasteiger partial charge in [0.25, 0.3) is 0 Å². The maximum Gasteiger partial charge on any atom is 0.324 e. The van der Waals surface area contributed by atoms with Crippen molar-refractivity contribution in [2.45, 2.75) is 58.5 Å². The third-order valence-electron chi connectivity index (χ3n) is 3.25. The normalized spacial score (nSPS) is 14.9. The molecule has 0 aliphatic heterocycles. The van der Waals surface area contributed by atoms with Gasteiger partial charge in [0.05, 0.1) is 0 Å². The summed E-state index contributed by atoms with van der Waals surface area (Å²) < 4.78 is 0. The lowest BCUT2D eigenvalue weighted by atomic mass is 10.1. The molecule has 0 unspecified atom stereocenters. The van der Waals surface area contributed by atoms with Crippen LogP contribution in [0.1, 0.15) is 44.5 Å². The third-order valence-corrected chi connectivity index (χ3v) is 4.00. The molecule has 6 heteroatoms. The molecule has 1 aromatic rings. The molecule has 5 nitrogen and oxygen atoms in total. The summed E-state index contributed by atoms with van der Waals surface area (Å²) in [6, 6.07) is 0.720. The monoisotopic (exact) mass is 268 g/mol. The SMILES string of the molecule is CCC(CC)N(C(=O)Nc1nnc(C)s1)C1CC1. The van der Waals surface area contributed by atoms with Gasteiger partial charge >= 0.3 is 6.03 Å². The Balaban J connectivity index is 2.04. The molecule has 2 rings (SSSR count). The summed E-state index contributed by atoms with van der Waals surface area (Å²) in [6.45, 7) is 6.14. The molecule has 1 heterocycles. The summed E-state index contributed by atoms with van der Waals surface area (Å²) in [5.74, 6) is 0. The first-order valence-electron chi connectivity index (χ1n) is 6.55. The maximum absolute atomic E-state index is 12.3. The maximum atomic E-state index is 12.3. The number of urea groups is 1. The van der Waals surface area contributed by atoms with E-state index in [1.54, 1.807) is 0 Å². The fraction of sp³-hybridized carbons (Fsp3) is 0.750. The third kappa shape index (κ3) is 2.98. The predicted octanol–water partition coefficient (Wildman–Crippen LogP) is 3.03. The first kappa shape index (κ1) is 13.3. The molecule has 0 radical (unpaired) electrons. The highest BCUT2D eigenvalue weighted by Gasteiger charge is 2.36. The van der Waals surface area contributed by atoms with Crippen LogP contribution in [-0.2, 0) is 0 Å². The molecule has 1 saturated carbocycles. The van der Waals surface area contributed by atoms with Gasteiger partial charge in [-0.3, -0.25) is 5.32 Å². The minimum atomic E-state index is -0.0256.